The van der Waals surface area contributed by atoms with Crippen LogP contribution in [0.2, 0.25) is 0 Å². The molecule has 3 rings (SSSR count). The molecule has 1 N–H and O–H groups in total. The molecular formula is C20H30ClNO3. The van der Waals surface area contributed by atoms with Gasteiger partial charge in [-0.25, -0.2) is 4.79 Å². The van der Waals surface area contributed by atoms with Crippen molar-refractivity contribution in [1.29, 1.82) is 0 Å². The van der Waals surface area contributed by atoms with Crippen molar-refractivity contribution < 1.29 is 14.6 Å². The minimum atomic E-state index is -1.51. The number of ether oxygens (including phenoxy) is 1. The third-order valence-electron chi connectivity index (χ3n) is 5.66. The standard InChI is InChI=1S/C20H29NO3.ClH/c1-21-14-12-18(13-15-21)24-19(22)20(23,16-8-4-2-5-9-16)17-10-6-3-7-11-17;/h2,4-5,8-9,17-18,23H,3,6-7,10-15H2,1H3;1H/t20-;/m0./s1. The van der Waals surface area contributed by atoms with Crippen molar-refractivity contribution in [1.82, 2.24) is 4.90 Å². The molecule has 4 nitrogen and oxygen atoms in total. The number of esters is 1. The van der Waals surface area contributed by atoms with Crippen molar-refractivity contribution in [2.45, 2.75) is 56.7 Å². The van der Waals surface area contributed by atoms with E-state index in [0.717, 1.165) is 51.6 Å². The molecule has 1 aliphatic heterocycles. The van der Waals surface area contributed by atoms with Crippen LogP contribution in [0.4, 0.5) is 0 Å². The predicted octanol–water partition coefficient (Wildman–Crippen LogP) is 3.51. The quantitative estimate of drug-likeness (QED) is 0.827. The number of nitrogens with zero attached hydrogens (tertiary/aromatic N) is 1. The molecule has 1 saturated heterocycles. The lowest BCUT2D eigenvalue weighted by Crippen LogP contribution is -2.47. The largest absolute Gasteiger partial charge is 0.460 e. The van der Waals surface area contributed by atoms with Crippen LogP contribution >= 0.6 is 12.4 Å². The van der Waals surface area contributed by atoms with E-state index in [0.29, 0.717) is 5.56 Å². The Bertz CT molecular complexity index is 539. The minimum Gasteiger partial charge on any atom is -0.460 e. The monoisotopic (exact) mass is 367 g/mol. The maximum Gasteiger partial charge on any atom is 0.343 e. The average molecular weight is 368 g/mol. The molecule has 140 valence electrons. The lowest BCUT2D eigenvalue weighted by molar-refractivity contribution is -0.183. The van der Waals surface area contributed by atoms with Crippen molar-refractivity contribution in [3.05, 3.63) is 35.9 Å². The fourth-order valence-corrected chi connectivity index (χ4v) is 4.08. The number of carbonyl (C=O) groups excluding carboxylic acids is 1. The molecular weight excluding hydrogens is 338 g/mol. The number of rotatable bonds is 4. The van der Waals surface area contributed by atoms with Gasteiger partial charge in [0.25, 0.3) is 0 Å². The smallest absolute Gasteiger partial charge is 0.343 e. The van der Waals surface area contributed by atoms with Crippen LogP contribution in [-0.4, -0.2) is 42.2 Å². The second-order valence-electron chi connectivity index (χ2n) is 7.38. The Morgan fingerprint density at radius 2 is 1.68 bits per heavy atom. The van der Waals surface area contributed by atoms with Gasteiger partial charge in [0.1, 0.15) is 6.10 Å². The number of carbonyl (C=O) groups is 1. The summed E-state index contributed by atoms with van der Waals surface area (Å²) in [5.74, 6) is -0.498. The van der Waals surface area contributed by atoms with Crippen molar-refractivity contribution in [2.75, 3.05) is 20.1 Å². The molecule has 1 aromatic rings. The first-order valence-electron chi connectivity index (χ1n) is 9.28. The summed E-state index contributed by atoms with van der Waals surface area (Å²) < 4.78 is 5.80. The van der Waals surface area contributed by atoms with Crippen molar-refractivity contribution in [3.63, 3.8) is 0 Å². The molecule has 0 amide bonds. The number of halogens is 1. The summed E-state index contributed by atoms with van der Waals surface area (Å²) >= 11 is 0. The zero-order valence-corrected chi connectivity index (χ0v) is 15.8. The van der Waals surface area contributed by atoms with Gasteiger partial charge in [-0.2, -0.15) is 0 Å². The Morgan fingerprint density at radius 3 is 2.28 bits per heavy atom. The van der Waals surface area contributed by atoms with Gasteiger partial charge in [-0.15, -0.1) is 12.4 Å². The molecule has 0 bridgehead atoms. The summed E-state index contributed by atoms with van der Waals surface area (Å²) in [7, 11) is 2.08. The van der Waals surface area contributed by atoms with Gasteiger partial charge < -0.3 is 14.7 Å². The summed E-state index contributed by atoms with van der Waals surface area (Å²) in [6.45, 7) is 1.87. The molecule has 0 aromatic heterocycles. The van der Waals surface area contributed by atoms with Crippen LogP contribution in [-0.2, 0) is 15.1 Å². The van der Waals surface area contributed by atoms with Gasteiger partial charge in [0, 0.05) is 19.0 Å². The molecule has 1 atom stereocenters. The minimum absolute atomic E-state index is 0. The van der Waals surface area contributed by atoms with E-state index in [-0.39, 0.29) is 24.4 Å². The zero-order valence-electron chi connectivity index (χ0n) is 15.0. The van der Waals surface area contributed by atoms with Crippen LogP contribution in [0.1, 0.15) is 50.5 Å². The number of likely N-dealkylation sites (tertiary alicyclic amines) is 1. The number of hydrogen-bond donors (Lipinski definition) is 1. The van der Waals surface area contributed by atoms with Crippen molar-refractivity contribution in [2.24, 2.45) is 5.92 Å². The zero-order chi connectivity index (χ0) is 17.0. The number of hydrogen-bond acceptors (Lipinski definition) is 4. The van der Waals surface area contributed by atoms with Gasteiger partial charge in [0.05, 0.1) is 0 Å². The summed E-state index contributed by atoms with van der Waals surface area (Å²) in [5.41, 5.74) is -0.833. The maximum absolute atomic E-state index is 13.0. The highest BCUT2D eigenvalue weighted by Gasteiger charge is 2.47. The molecule has 1 heterocycles. The molecule has 25 heavy (non-hydrogen) atoms. The molecule has 2 aliphatic rings. The van der Waals surface area contributed by atoms with Crippen LogP contribution in [0, 0.1) is 5.92 Å². The van der Waals surface area contributed by atoms with Crippen molar-refractivity contribution >= 4 is 18.4 Å². The summed E-state index contributed by atoms with van der Waals surface area (Å²) in [6, 6.07) is 9.38. The first-order valence-corrected chi connectivity index (χ1v) is 9.28. The van der Waals surface area contributed by atoms with E-state index in [2.05, 4.69) is 11.9 Å². The van der Waals surface area contributed by atoms with E-state index in [1.54, 1.807) is 0 Å². The van der Waals surface area contributed by atoms with Crippen molar-refractivity contribution in [3.8, 4) is 0 Å². The number of benzene rings is 1. The molecule has 1 saturated carbocycles. The maximum atomic E-state index is 13.0. The Morgan fingerprint density at radius 1 is 1.08 bits per heavy atom. The molecule has 0 unspecified atom stereocenters. The first kappa shape index (κ1) is 20.2. The molecule has 5 heteroatoms. The Balaban J connectivity index is 0.00000225. The average Bonchev–Trinajstić information content (AvgIpc) is 2.64. The lowest BCUT2D eigenvalue weighted by atomic mass is 9.73. The lowest BCUT2D eigenvalue weighted by Gasteiger charge is -2.38. The summed E-state index contributed by atoms with van der Waals surface area (Å²) in [5, 5.41) is 11.5. The van der Waals surface area contributed by atoms with E-state index >= 15 is 0 Å². The highest BCUT2D eigenvalue weighted by Crippen LogP contribution is 2.40. The van der Waals surface area contributed by atoms with Crippen LogP contribution in [0.3, 0.4) is 0 Å². The van der Waals surface area contributed by atoms with Crippen LogP contribution in [0.15, 0.2) is 30.3 Å². The fourth-order valence-electron chi connectivity index (χ4n) is 4.08. The van der Waals surface area contributed by atoms with E-state index < -0.39 is 11.6 Å². The second kappa shape index (κ2) is 9.02. The fraction of sp³-hybridized carbons (Fsp3) is 0.650. The third kappa shape index (κ3) is 4.55. The van der Waals surface area contributed by atoms with Gasteiger partial charge in [0.15, 0.2) is 5.60 Å². The SMILES string of the molecule is CN1CCC(OC(=O)[C@](O)(c2ccccc2)C2CCCCC2)CC1.Cl. The topological polar surface area (TPSA) is 49.8 Å². The third-order valence-corrected chi connectivity index (χ3v) is 5.66. The molecule has 1 aliphatic carbocycles. The van der Waals surface area contributed by atoms with Gasteiger partial charge in [0.2, 0.25) is 0 Å². The Hall–Kier alpha value is -1.10. The Kier molecular flexibility index (Phi) is 7.29. The van der Waals surface area contributed by atoms with Gasteiger partial charge in [-0.3, -0.25) is 0 Å². The summed E-state index contributed by atoms with van der Waals surface area (Å²) in [6.07, 6.45) is 6.71. The van der Waals surface area contributed by atoms with E-state index in [1.807, 2.05) is 30.3 Å². The number of aliphatic hydroxyl groups is 1. The molecule has 2 fully saturated rings. The van der Waals surface area contributed by atoms with E-state index in [4.69, 9.17) is 4.74 Å². The summed E-state index contributed by atoms with van der Waals surface area (Å²) in [4.78, 5) is 15.3. The molecule has 0 radical (unpaired) electrons. The van der Waals surface area contributed by atoms with Gasteiger partial charge in [-0.05, 0) is 38.3 Å². The normalized spacial score (nSPS) is 22.6. The van der Waals surface area contributed by atoms with Crippen LogP contribution in [0.25, 0.3) is 0 Å². The Labute approximate surface area is 157 Å². The highest BCUT2D eigenvalue weighted by molar-refractivity contribution is 5.85. The van der Waals surface area contributed by atoms with E-state index in [9.17, 15) is 9.90 Å². The second-order valence-corrected chi connectivity index (χ2v) is 7.38. The van der Waals surface area contributed by atoms with E-state index in [1.165, 1.54) is 6.42 Å². The van der Waals surface area contributed by atoms with Gasteiger partial charge >= 0.3 is 5.97 Å². The number of piperidine rings is 1. The first-order chi connectivity index (χ1) is 11.6. The predicted molar refractivity (Wildman–Crippen MR) is 101 cm³/mol. The van der Waals surface area contributed by atoms with Gasteiger partial charge in [-0.1, -0.05) is 49.6 Å². The molecule has 0 spiro atoms. The van der Waals surface area contributed by atoms with Crippen LogP contribution < -0.4 is 0 Å². The highest BCUT2D eigenvalue weighted by atomic mass is 35.5. The molecule has 1 aromatic carbocycles. The van der Waals surface area contributed by atoms with Crippen LogP contribution in [0.5, 0.6) is 0 Å².